The van der Waals surface area contributed by atoms with Crippen LogP contribution in [0.3, 0.4) is 0 Å². The highest BCUT2D eigenvalue weighted by Crippen LogP contribution is 2.10. The van der Waals surface area contributed by atoms with Gasteiger partial charge in [-0.25, -0.2) is 0 Å². The molecule has 12 heavy (non-hydrogen) atoms. The number of hydrogen-bond donors (Lipinski definition) is 0. The lowest BCUT2D eigenvalue weighted by Gasteiger charge is -2.11. The number of benzene rings is 1. The van der Waals surface area contributed by atoms with Gasteiger partial charge in [0.05, 0.1) is 0 Å². The average Bonchev–Trinajstić information content (AvgIpc) is 2.05. The minimum absolute atomic E-state index is 0. The Hall–Kier alpha value is -0.830. The molecule has 0 saturated heterocycles. The molecule has 2 nitrogen and oxygen atoms in total. The van der Waals surface area contributed by atoms with E-state index in [1.807, 2.05) is 43.3 Å². The normalized spacial score (nSPS) is 8.50. The largest absolute Gasteiger partial charge is 0.378 e. The summed E-state index contributed by atoms with van der Waals surface area (Å²) in [5.41, 5.74) is 1.83. The molecule has 0 fully saturated rings. The molecule has 0 aliphatic carbocycles. The summed E-state index contributed by atoms with van der Waals surface area (Å²) < 4.78 is 0. The zero-order valence-corrected chi connectivity index (χ0v) is 8.86. The Kier molecular flexibility index (Phi) is 4.59. The van der Waals surface area contributed by atoms with E-state index >= 15 is 0 Å². The Morgan fingerprint density at radius 1 is 1.17 bits per heavy atom. The van der Waals surface area contributed by atoms with Gasteiger partial charge in [-0.2, -0.15) is 0 Å². The van der Waals surface area contributed by atoms with Gasteiger partial charge >= 0.3 is 0 Å². The van der Waals surface area contributed by atoms with E-state index in [-0.39, 0.29) is 17.0 Å². The monoisotopic (exact) mass is 229 g/mol. The van der Waals surface area contributed by atoms with Crippen LogP contribution in [-0.2, 0) is 0 Å². The molecule has 3 heteroatoms. The summed E-state index contributed by atoms with van der Waals surface area (Å²) in [7, 11) is 3.94. The predicted octanol–water partition coefficient (Wildman–Crippen LogP) is 2.14. The minimum Gasteiger partial charge on any atom is -0.378 e. The van der Waals surface area contributed by atoms with Gasteiger partial charge in [0.15, 0.2) is 0 Å². The van der Waals surface area contributed by atoms with E-state index in [1.165, 1.54) is 0 Å². The summed E-state index contributed by atoms with van der Waals surface area (Å²) in [6, 6.07) is 7.46. The van der Waals surface area contributed by atoms with Crippen molar-refractivity contribution in [2.24, 2.45) is 0 Å². The zero-order valence-electron chi connectivity index (χ0n) is 7.15. The van der Waals surface area contributed by atoms with Crippen molar-refractivity contribution < 1.29 is 4.79 Å². The van der Waals surface area contributed by atoms with Crippen LogP contribution >= 0.6 is 17.0 Å². The standard InChI is InChI=1S/C9H11NO.BrH/c1-10(2)9-5-3-8(7-11)4-6-9;/h3-7H,1-2H3;1H. The number of anilines is 1. The summed E-state index contributed by atoms with van der Waals surface area (Å²) in [4.78, 5) is 12.3. The fraction of sp³-hybridized carbons (Fsp3) is 0.222. The molecule has 0 bridgehead atoms. The second-order valence-electron chi connectivity index (χ2n) is 2.60. The van der Waals surface area contributed by atoms with Crippen molar-refractivity contribution >= 4 is 29.0 Å². The van der Waals surface area contributed by atoms with Crippen molar-refractivity contribution in [2.75, 3.05) is 19.0 Å². The highest BCUT2D eigenvalue weighted by atomic mass is 79.9. The van der Waals surface area contributed by atoms with Gasteiger partial charge in [-0.1, -0.05) is 0 Å². The average molecular weight is 230 g/mol. The molecule has 0 heterocycles. The van der Waals surface area contributed by atoms with Crippen LogP contribution in [0.15, 0.2) is 24.3 Å². The van der Waals surface area contributed by atoms with Gasteiger partial charge in [-0.05, 0) is 24.3 Å². The molecule has 0 aliphatic rings. The second-order valence-corrected chi connectivity index (χ2v) is 2.60. The smallest absolute Gasteiger partial charge is 0.150 e. The first-order chi connectivity index (χ1) is 5.24. The van der Waals surface area contributed by atoms with Crippen molar-refractivity contribution in [3.8, 4) is 0 Å². The highest BCUT2D eigenvalue weighted by Gasteiger charge is 1.93. The Balaban J connectivity index is 0.00000121. The number of halogens is 1. The highest BCUT2D eigenvalue weighted by molar-refractivity contribution is 8.93. The Morgan fingerprint density at radius 3 is 2.00 bits per heavy atom. The summed E-state index contributed by atoms with van der Waals surface area (Å²) >= 11 is 0. The van der Waals surface area contributed by atoms with Crippen LogP contribution in [0.1, 0.15) is 10.4 Å². The molecule has 0 radical (unpaired) electrons. The molecule has 1 aromatic carbocycles. The lowest BCUT2D eigenvalue weighted by atomic mass is 10.2. The number of aldehydes is 1. The van der Waals surface area contributed by atoms with Crippen LogP contribution < -0.4 is 4.90 Å². The van der Waals surface area contributed by atoms with Crippen LogP contribution in [0.5, 0.6) is 0 Å². The number of carbonyl (C=O) groups is 1. The number of hydrogen-bond acceptors (Lipinski definition) is 2. The molecule has 0 amide bonds. The molecular formula is C9H12BrNO. The van der Waals surface area contributed by atoms with E-state index in [2.05, 4.69) is 0 Å². The second kappa shape index (κ2) is 4.93. The van der Waals surface area contributed by atoms with Gasteiger partial charge in [0, 0.05) is 25.3 Å². The maximum atomic E-state index is 10.3. The molecule has 66 valence electrons. The first kappa shape index (κ1) is 11.2. The van der Waals surface area contributed by atoms with Crippen LogP contribution in [0, 0.1) is 0 Å². The lowest BCUT2D eigenvalue weighted by Crippen LogP contribution is -2.08. The summed E-state index contributed by atoms with van der Waals surface area (Å²) in [5, 5.41) is 0. The molecule has 1 aromatic rings. The lowest BCUT2D eigenvalue weighted by molar-refractivity contribution is 0.112. The number of nitrogens with zero attached hydrogens (tertiary/aromatic N) is 1. The molecule has 0 unspecified atom stereocenters. The first-order valence-corrected chi connectivity index (χ1v) is 3.46. The molecule has 0 spiro atoms. The van der Waals surface area contributed by atoms with Crippen molar-refractivity contribution in [2.45, 2.75) is 0 Å². The fourth-order valence-electron chi connectivity index (χ4n) is 0.851. The maximum absolute atomic E-state index is 10.3. The van der Waals surface area contributed by atoms with E-state index < -0.39 is 0 Å². The van der Waals surface area contributed by atoms with Crippen molar-refractivity contribution in [3.05, 3.63) is 29.8 Å². The van der Waals surface area contributed by atoms with Crippen molar-refractivity contribution in [1.29, 1.82) is 0 Å². The van der Waals surface area contributed by atoms with E-state index in [0.29, 0.717) is 0 Å². The summed E-state index contributed by atoms with van der Waals surface area (Å²) in [6.45, 7) is 0. The van der Waals surface area contributed by atoms with Gasteiger partial charge in [-0.15, -0.1) is 17.0 Å². The van der Waals surface area contributed by atoms with E-state index in [1.54, 1.807) is 0 Å². The third-order valence-electron chi connectivity index (χ3n) is 1.55. The predicted molar refractivity (Wildman–Crippen MR) is 56.5 cm³/mol. The van der Waals surface area contributed by atoms with Gasteiger partial charge in [0.1, 0.15) is 6.29 Å². The molecule has 0 N–H and O–H groups in total. The van der Waals surface area contributed by atoms with E-state index in [4.69, 9.17) is 0 Å². The Morgan fingerprint density at radius 2 is 1.67 bits per heavy atom. The Labute approximate surface area is 83.0 Å². The van der Waals surface area contributed by atoms with Gasteiger partial charge in [0.25, 0.3) is 0 Å². The van der Waals surface area contributed by atoms with Crippen molar-refractivity contribution in [1.82, 2.24) is 0 Å². The number of carbonyl (C=O) groups excluding carboxylic acids is 1. The van der Waals surface area contributed by atoms with Gasteiger partial charge < -0.3 is 4.90 Å². The summed E-state index contributed by atoms with van der Waals surface area (Å²) in [5.74, 6) is 0. The van der Waals surface area contributed by atoms with E-state index in [9.17, 15) is 4.79 Å². The molecule has 0 atom stereocenters. The first-order valence-electron chi connectivity index (χ1n) is 3.46. The zero-order chi connectivity index (χ0) is 8.27. The molecule has 0 aromatic heterocycles. The Bertz CT molecular complexity index is 243. The third-order valence-corrected chi connectivity index (χ3v) is 1.55. The fourth-order valence-corrected chi connectivity index (χ4v) is 0.851. The topological polar surface area (TPSA) is 20.3 Å². The van der Waals surface area contributed by atoms with Crippen LogP contribution in [0.2, 0.25) is 0 Å². The van der Waals surface area contributed by atoms with Gasteiger partial charge in [-0.3, -0.25) is 4.79 Å². The quantitative estimate of drug-likeness (QED) is 0.725. The van der Waals surface area contributed by atoms with Crippen LogP contribution in [-0.4, -0.2) is 20.4 Å². The molecular weight excluding hydrogens is 218 g/mol. The van der Waals surface area contributed by atoms with Crippen molar-refractivity contribution in [3.63, 3.8) is 0 Å². The molecule has 1 rings (SSSR count). The van der Waals surface area contributed by atoms with E-state index in [0.717, 1.165) is 17.5 Å². The van der Waals surface area contributed by atoms with Crippen LogP contribution in [0.4, 0.5) is 5.69 Å². The number of rotatable bonds is 2. The SMILES string of the molecule is Br.CN(C)c1ccc(C=O)cc1. The maximum Gasteiger partial charge on any atom is 0.150 e. The molecule has 0 aliphatic heterocycles. The minimum atomic E-state index is 0. The van der Waals surface area contributed by atoms with Crippen LogP contribution in [0.25, 0.3) is 0 Å². The van der Waals surface area contributed by atoms with Gasteiger partial charge in [0.2, 0.25) is 0 Å². The molecule has 0 saturated carbocycles. The third kappa shape index (κ3) is 2.66. The summed E-state index contributed by atoms with van der Waals surface area (Å²) in [6.07, 6.45) is 0.847.